The second-order valence-electron chi connectivity index (χ2n) is 5.96. The van der Waals surface area contributed by atoms with E-state index < -0.39 is 10.0 Å². The molecule has 0 bridgehead atoms. The number of hydrogen-bond donors (Lipinski definition) is 2. The van der Waals surface area contributed by atoms with Crippen LogP contribution in [0.4, 0.5) is 0 Å². The zero-order valence-electron chi connectivity index (χ0n) is 11.9. The van der Waals surface area contributed by atoms with Gasteiger partial charge in [0.1, 0.15) is 0 Å². The summed E-state index contributed by atoms with van der Waals surface area (Å²) in [5.74, 6) is 0. The van der Waals surface area contributed by atoms with Gasteiger partial charge in [0.25, 0.3) is 0 Å². The predicted octanol–water partition coefficient (Wildman–Crippen LogP) is 2.08. The highest BCUT2D eigenvalue weighted by Crippen LogP contribution is 2.36. The van der Waals surface area contributed by atoms with Gasteiger partial charge in [-0.2, -0.15) is 0 Å². The van der Waals surface area contributed by atoms with E-state index in [1.54, 1.807) is 24.3 Å². The maximum absolute atomic E-state index is 12.2. The van der Waals surface area contributed by atoms with Crippen LogP contribution in [0.3, 0.4) is 0 Å². The molecule has 20 heavy (non-hydrogen) atoms. The maximum atomic E-state index is 12.2. The van der Waals surface area contributed by atoms with Crippen molar-refractivity contribution in [2.75, 3.05) is 13.2 Å². The molecule has 0 radical (unpaired) electrons. The van der Waals surface area contributed by atoms with Crippen LogP contribution in [-0.4, -0.2) is 26.7 Å². The first-order valence-electron chi connectivity index (χ1n) is 7.15. The molecule has 0 amide bonds. The van der Waals surface area contributed by atoms with Gasteiger partial charge < -0.3 is 5.11 Å². The van der Waals surface area contributed by atoms with Crippen LogP contribution in [0.2, 0.25) is 0 Å². The van der Waals surface area contributed by atoms with Gasteiger partial charge in [-0.1, -0.05) is 31.9 Å². The molecule has 1 saturated carbocycles. The van der Waals surface area contributed by atoms with E-state index in [0.717, 1.165) is 18.4 Å². The van der Waals surface area contributed by atoms with Crippen LogP contribution in [0.1, 0.15) is 38.2 Å². The summed E-state index contributed by atoms with van der Waals surface area (Å²) in [6.45, 7) is 2.73. The largest absolute Gasteiger partial charge is 0.396 e. The fourth-order valence-corrected chi connectivity index (χ4v) is 3.92. The molecule has 0 heterocycles. The van der Waals surface area contributed by atoms with E-state index >= 15 is 0 Å². The molecule has 0 aliphatic heterocycles. The van der Waals surface area contributed by atoms with Crippen molar-refractivity contribution < 1.29 is 13.5 Å². The van der Waals surface area contributed by atoms with Gasteiger partial charge in [0.2, 0.25) is 10.0 Å². The van der Waals surface area contributed by atoms with Crippen molar-refractivity contribution in [1.29, 1.82) is 0 Å². The lowest BCUT2D eigenvalue weighted by molar-refractivity contribution is 0.299. The Labute approximate surface area is 121 Å². The molecule has 1 aromatic rings. The normalized spacial score (nSPS) is 18.3. The van der Waals surface area contributed by atoms with Gasteiger partial charge in [-0.3, -0.25) is 0 Å². The highest BCUT2D eigenvalue weighted by atomic mass is 32.2. The maximum Gasteiger partial charge on any atom is 0.240 e. The molecule has 1 aliphatic carbocycles. The second kappa shape index (κ2) is 6.24. The highest BCUT2D eigenvalue weighted by Gasteiger charge is 2.30. The number of nitrogens with one attached hydrogen (secondary N) is 1. The molecule has 2 N–H and O–H groups in total. The summed E-state index contributed by atoms with van der Waals surface area (Å²) in [6, 6.07) is 6.71. The third-order valence-corrected chi connectivity index (χ3v) is 5.55. The average molecular weight is 297 g/mol. The van der Waals surface area contributed by atoms with E-state index in [0.29, 0.717) is 17.9 Å². The molecule has 4 nitrogen and oxygen atoms in total. The molecule has 0 aromatic heterocycles. The highest BCUT2D eigenvalue weighted by molar-refractivity contribution is 7.89. The third kappa shape index (κ3) is 3.81. The molecule has 1 aliphatic rings. The van der Waals surface area contributed by atoms with E-state index in [1.165, 1.54) is 12.8 Å². The Morgan fingerprint density at radius 3 is 2.35 bits per heavy atom. The zero-order valence-corrected chi connectivity index (χ0v) is 12.7. The fraction of sp³-hybridized carbons (Fsp3) is 0.600. The lowest BCUT2D eigenvalue weighted by Crippen LogP contribution is -2.34. The number of aliphatic hydroxyl groups is 1. The summed E-state index contributed by atoms with van der Waals surface area (Å²) in [4.78, 5) is 0.292. The van der Waals surface area contributed by atoms with Gasteiger partial charge in [0, 0.05) is 13.2 Å². The minimum Gasteiger partial charge on any atom is -0.396 e. The smallest absolute Gasteiger partial charge is 0.240 e. The molecule has 0 atom stereocenters. The SMILES string of the molecule is CC1(CNS(=O)(=O)c2ccc(CCO)cc2)CCCC1. The minimum absolute atomic E-state index is 0.0721. The quantitative estimate of drug-likeness (QED) is 0.845. The lowest BCUT2D eigenvalue weighted by atomic mass is 9.89. The fourth-order valence-electron chi connectivity index (χ4n) is 2.72. The van der Waals surface area contributed by atoms with Crippen molar-refractivity contribution in [3.63, 3.8) is 0 Å². The van der Waals surface area contributed by atoms with Crippen molar-refractivity contribution in [3.8, 4) is 0 Å². The Hall–Kier alpha value is -0.910. The van der Waals surface area contributed by atoms with E-state index in [1.807, 2.05) is 0 Å². The zero-order chi connectivity index (χ0) is 14.6. The number of aliphatic hydroxyl groups excluding tert-OH is 1. The Morgan fingerprint density at radius 2 is 1.80 bits per heavy atom. The molecule has 0 spiro atoms. The summed E-state index contributed by atoms with van der Waals surface area (Å²) in [5.41, 5.74) is 1.04. The number of sulfonamides is 1. The van der Waals surface area contributed by atoms with Gasteiger partial charge in [-0.25, -0.2) is 13.1 Å². The van der Waals surface area contributed by atoms with Gasteiger partial charge in [0.05, 0.1) is 4.90 Å². The Bertz CT molecular complexity index is 531. The summed E-state index contributed by atoms with van der Waals surface area (Å²) in [6.07, 6.45) is 5.10. The van der Waals surface area contributed by atoms with Crippen LogP contribution in [0.25, 0.3) is 0 Å². The van der Waals surface area contributed by atoms with E-state index in [4.69, 9.17) is 5.11 Å². The molecule has 0 saturated heterocycles. The Kier molecular flexibility index (Phi) is 4.83. The first kappa shape index (κ1) is 15.5. The first-order valence-corrected chi connectivity index (χ1v) is 8.63. The van der Waals surface area contributed by atoms with Crippen molar-refractivity contribution in [2.24, 2.45) is 5.41 Å². The number of benzene rings is 1. The topological polar surface area (TPSA) is 66.4 Å². The minimum atomic E-state index is -3.43. The monoisotopic (exact) mass is 297 g/mol. The molecule has 112 valence electrons. The summed E-state index contributed by atoms with van der Waals surface area (Å²) >= 11 is 0. The van der Waals surface area contributed by atoms with Crippen molar-refractivity contribution in [2.45, 2.75) is 43.9 Å². The van der Waals surface area contributed by atoms with Gasteiger partial charge >= 0.3 is 0 Å². The van der Waals surface area contributed by atoms with Crippen molar-refractivity contribution >= 4 is 10.0 Å². The molecular weight excluding hydrogens is 274 g/mol. The van der Waals surface area contributed by atoms with Gasteiger partial charge in [-0.15, -0.1) is 0 Å². The van der Waals surface area contributed by atoms with Crippen molar-refractivity contribution in [3.05, 3.63) is 29.8 Å². The van der Waals surface area contributed by atoms with Crippen LogP contribution < -0.4 is 4.72 Å². The number of rotatable bonds is 6. The van der Waals surface area contributed by atoms with Gasteiger partial charge in [0.15, 0.2) is 0 Å². The van der Waals surface area contributed by atoms with Crippen LogP contribution in [-0.2, 0) is 16.4 Å². The van der Waals surface area contributed by atoms with E-state index in [9.17, 15) is 8.42 Å². The third-order valence-electron chi connectivity index (χ3n) is 4.13. The Morgan fingerprint density at radius 1 is 1.20 bits per heavy atom. The molecular formula is C15H23NO3S. The first-order chi connectivity index (χ1) is 9.45. The second-order valence-corrected chi connectivity index (χ2v) is 7.73. The lowest BCUT2D eigenvalue weighted by Gasteiger charge is -2.23. The molecule has 5 heteroatoms. The molecule has 1 fully saturated rings. The van der Waals surface area contributed by atoms with E-state index in [-0.39, 0.29) is 12.0 Å². The van der Waals surface area contributed by atoms with Crippen LogP contribution in [0.15, 0.2) is 29.2 Å². The molecule has 1 aromatic carbocycles. The average Bonchev–Trinajstić information content (AvgIpc) is 2.85. The standard InChI is InChI=1S/C15H23NO3S/c1-15(9-2-3-10-15)12-16-20(18,19)14-6-4-13(5-7-14)8-11-17/h4-7,16-17H,2-3,8-12H2,1H3. The molecule has 0 unspecified atom stereocenters. The summed E-state index contributed by atoms with van der Waals surface area (Å²) < 4.78 is 27.2. The van der Waals surface area contributed by atoms with E-state index in [2.05, 4.69) is 11.6 Å². The van der Waals surface area contributed by atoms with Crippen LogP contribution >= 0.6 is 0 Å². The predicted molar refractivity (Wildman–Crippen MR) is 79.0 cm³/mol. The summed E-state index contributed by atoms with van der Waals surface area (Å²) in [5, 5.41) is 8.85. The van der Waals surface area contributed by atoms with Gasteiger partial charge in [-0.05, 0) is 42.4 Å². The Balaban J connectivity index is 2.02. The summed E-state index contributed by atoms with van der Waals surface area (Å²) in [7, 11) is -3.43. The van der Waals surface area contributed by atoms with Crippen LogP contribution in [0.5, 0.6) is 0 Å². The van der Waals surface area contributed by atoms with Crippen LogP contribution in [0, 0.1) is 5.41 Å². The number of hydrogen-bond acceptors (Lipinski definition) is 3. The van der Waals surface area contributed by atoms with Crippen molar-refractivity contribution in [1.82, 2.24) is 4.72 Å². The molecule has 2 rings (SSSR count).